The highest BCUT2D eigenvalue weighted by atomic mass is 16.2. The highest BCUT2D eigenvalue weighted by molar-refractivity contribution is 6.03. The van der Waals surface area contributed by atoms with Crippen molar-refractivity contribution in [3.8, 4) is 11.1 Å². The van der Waals surface area contributed by atoms with Crippen LogP contribution in [0.3, 0.4) is 0 Å². The standard InChI is InChI=1S/C31H36N8O3/c1-19-24-16-23(22-6-3-2-4-7-22)13-14-25(24)38-27(19)29(41)39(26(28(32)40)8-5-15-36-30(33)34)18-21-11-9-20(10-12-21)17-37-31(35)42/h2-4,6-7,9-14,16,26,38H,5,8,15,17-18H2,1H3,(H2,32,40)(H4,33,34,36)(H3,35,37,42)/t26-/m1/s1. The van der Waals surface area contributed by atoms with Gasteiger partial charge in [0.25, 0.3) is 5.91 Å². The molecular formula is C31H36N8O3. The fourth-order valence-electron chi connectivity index (χ4n) is 4.91. The van der Waals surface area contributed by atoms with Gasteiger partial charge in [0.05, 0.1) is 0 Å². The molecule has 0 unspecified atom stereocenters. The molecule has 0 saturated heterocycles. The molecule has 4 rings (SSSR count). The quantitative estimate of drug-likeness (QED) is 0.0865. The molecule has 11 nitrogen and oxygen atoms in total. The Morgan fingerprint density at radius 3 is 2.24 bits per heavy atom. The molecule has 0 aliphatic rings. The Labute approximate surface area is 243 Å². The Morgan fingerprint density at radius 1 is 0.905 bits per heavy atom. The normalized spacial score (nSPS) is 11.5. The zero-order valence-electron chi connectivity index (χ0n) is 23.5. The highest BCUT2D eigenvalue weighted by Crippen LogP contribution is 2.29. The summed E-state index contributed by atoms with van der Waals surface area (Å²) in [7, 11) is 0. The summed E-state index contributed by atoms with van der Waals surface area (Å²) in [6.07, 6.45) is 0.717. The first kappa shape index (κ1) is 29.7. The Kier molecular flexibility index (Phi) is 9.43. The first-order valence-electron chi connectivity index (χ1n) is 13.6. The SMILES string of the molecule is Cc1c(C(=O)N(Cc2ccc(CNC(N)=O)cc2)[C@H](CCCN=C(N)N)C(N)=O)[nH]c2ccc(-c3ccccc3)cc12. The van der Waals surface area contributed by atoms with Crippen molar-refractivity contribution in [3.63, 3.8) is 0 Å². The van der Waals surface area contributed by atoms with Crippen molar-refractivity contribution in [2.24, 2.45) is 27.9 Å². The van der Waals surface area contributed by atoms with E-state index in [1.165, 1.54) is 4.90 Å². The maximum absolute atomic E-state index is 14.2. The number of H-pyrrole nitrogens is 1. The third-order valence-corrected chi connectivity index (χ3v) is 7.12. The largest absolute Gasteiger partial charge is 0.370 e. The van der Waals surface area contributed by atoms with Crippen molar-refractivity contribution in [3.05, 3.63) is 95.2 Å². The van der Waals surface area contributed by atoms with Gasteiger partial charge in [-0.25, -0.2) is 4.79 Å². The summed E-state index contributed by atoms with van der Waals surface area (Å²) >= 11 is 0. The topological polar surface area (TPSA) is 199 Å². The summed E-state index contributed by atoms with van der Waals surface area (Å²) in [5.41, 5.74) is 27.6. The number of aromatic amines is 1. The zero-order valence-corrected chi connectivity index (χ0v) is 23.5. The molecular weight excluding hydrogens is 532 g/mol. The Morgan fingerprint density at radius 2 is 1.60 bits per heavy atom. The number of urea groups is 1. The van der Waals surface area contributed by atoms with Gasteiger partial charge in [-0.1, -0.05) is 60.7 Å². The average Bonchev–Trinajstić information content (AvgIpc) is 3.31. The fourth-order valence-corrected chi connectivity index (χ4v) is 4.91. The number of hydrogen-bond acceptors (Lipinski definition) is 4. The highest BCUT2D eigenvalue weighted by Gasteiger charge is 2.31. The van der Waals surface area contributed by atoms with Crippen LogP contribution in [0.2, 0.25) is 0 Å². The second-order valence-electron chi connectivity index (χ2n) is 10.1. The maximum Gasteiger partial charge on any atom is 0.312 e. The van der Waals surface area contributed by atoms with Crippen LogP contribution >= 0.6 is 0 Å². The molecule has 4 aromatic rings. The van der Waals surface area contributed by atoms with E-state index in [4.69, 9.17) is 22.9 Å². The summed E-state index contributed by atoms with van der Waals surface area (Å²) < 4.78 is 0. The van der Waals surface area contributed by atoms with Gasteiger partial charge in [0.15, 0.2) is 5.96 Å². The van der Waals surface area contributed by atoms with E-state index in [1.807, 2.05) is 73.7 Å². The third kappa shape index (κ3) is 7.25. The molecule has 0 bridgehead atoms. The predicted octanol–water partition coefficient (Wildman–Crippen LogP) is 2.86. The molecule has 0 aliphatic carbocycles. The van der Waals surface area contributed by atoms with E-state index in [0.29, 0.717) is 18.7 Å². The van der Waals surface area contributed by atoms with E-state index in [2.05, 4.69) is 21.4 Å². The van der Waals surface area contributed by atoms with E-state index in [0.717, 1.165) is 38.7 Å². The average molecular weight is 569 g/mol. The number of guanidine groups is 1. The van der Waals surface area contributed by atoms with Gasteiger partial charge in [0, 0.05) is 30.5 Å². The summed E-state index contributed by atoms with van der Waals surface area (Å²) in [6.45, 7) is 2.58. The van der Waals surface area contributed by atoms with E-state index in [-0.39, 0.29) is 31.4 Å². The number of aryl methyl sites for hydroxylation is 1. The molecule has 0 aliphatic heterocycles. The Hall–Kier alpha value is -5.32. The van der Waals surface area contributed by atoms with Gasteiger partial charge in [-0.15, -0.1) is 0 Å². The van der Waals surface area contributed by atoms with Crippen LogP contribution in [-0.2, 0) is 17.9 Å². The lowest BCUT2D eigenvalue weighted by Crippen LogP contribution is -2.48. The van der Waals surface area contributed by atoms with Gasteiger partial charge in [0.2, 0.25) is 5.91 Å². The number of carbonyl (C=O) groups is 3. The van der Waals surface area contributed by atoms with Gasteiger partial charge in [-0.2, -0.15) is 0 Å². The van der Waals surface area contributed by atoms with Gasteiger partial charge in [-0.05, 0) is 59.7 Å². The molecule has 0 radical (unpaired) electrons. The first-order valence-corrected chi connectivity index (χ1v) is 13.6. The lowest BCUT2D eigenvalue weighted by molar-refractivity contribution is -0.122. The van der Waals surface area contributed by atoms with Crippen LogP contribution in [0.5, 0.6) is 0 Å². The van der Waals surface area contributed by atoms with Crippen molar-refractivity contribution in [1.29, 1.82) is 0 Å². The van der Waals surface area contributed by atoms with Crippen LogP contribution in [0.15, 0.2) is 77.8 Å². The number of hydrogen-bond donors (Lipinski definition) is 6. The van der Waals surface area contributed by atoms with Crippen molar-refractivity contribution >= 4 is 34.7 Å². The van der Waals surface area contributed by atoms with Gasteiger partial charge >= 0.3 is 6.03 Å². The summed E-state index contributed by atoms with van der Waals surface area (Å²) in [4.78, 5) is 46.7. The zero-order chi connectivity index (χ0) is 30.2. The van der Waals surface area contributed by atoms with Crippen LogP contribution in [0, 0.1) is 6.92 Å². The number of aromatic nitrogens is 1. The van der Waals surface area contributed by atoms with E-state index in [9.17, 15) is 14.4 Å². The Balaban J connectivity index is 1.67. The van der Waals surface area contributed by atoms with E-state index in [1.54, 1.807) is 0 Å². The van der Waals surface area contributed by atoms with Crippen molar-refractivity contribution < 1.29 is 14.4 Å². The number of nitrogens with one attached hydrogen (secondary N) is 2. The van der Waals surface area contributed by atoms with Crippen molar-refractivity contribution in [2.75, 3.05) is 6.54 Å². The molecule has 1 atom stereocenters. The van der Waals surface area contributed by atoms with Gasteiger partial charge < -0.3 is 38.1 Å². The summed E-state index contributed by atoms with van der Waals surface area (Å²) in [6, 6.07) is 21.8. The number of primary amides is 2. The minimum Gasteiger partial charge on any atom is -0.370 e. The van der Waals surface area contributed by atoms with Crippen LogP contribution in [0.25, 0.3) is 22.0 Å². The molecule has 0 saturated carbocycles. The molecule has 42 heavy (non-hydrogen) atoms. The van der Waals surface area contributed by atoms with Crippen molar-refractivity contribution in [2.45, 2.75) is 38.9 Å². The maximum atomic E-state index is 14.2. The number of nitrogens with zero attached hydrogens (tertiary/aromatic N) is 2. The minimum atomic E-state index is -0.909. The molecule has 0 spiro atoms. The lowest BCUT2D eigenvalue weighted by Gasteiger charge is -2.30. The number of carbonyl (C=O) groups excluding carboxylic acids is 3. The molecule has 218 valence electrons. The summed E-state index contributed by atoms with van der Waals surface area (Å²) in [5.74, 6) is -1.03. The number of fused-ring (bicyclic) bond motifs is 1. The number of nitrogens with two attached hydrogens (primary N) is 4. The number of amides is 4. The van der Waals surface area contributed by atoms with E-state index < -0.39 is 18.0 Å². The summed E-state index contributed by atoms with van der Waals surface area (Å²) in [5, 5.41) is 3.46. The number of benzene rings is 3. The van der Waals surface area contributed by atoms with Crippen LogP contribution in [0.1, 0.15) is 40.0 Å². The second-order valence-corrected chi connectivity index (χ2v) is 10.1. The molecule has 1 aromatic heterocycles. The molecule has 0 fully saturated rings. The van der Waals surface area contributed by atoms with Gasteiger partial charge in [-0.3, -0.25) is 14.6 Å². The predicted molar refractivity (Wildman–Crippen MR) is 164 cm³/mol. The fraction of sp³-hybridized carbons (Fsp3) is 0.226. The molecule has 10 N–H and O–H groups in total. The van der Waals surface area contributed by atoms with Crippen LogP contribution in [0.4, 0.5) is 4.79 Å². The van der Waals surface area contributed by atoms with Crippen LogP contribution in [-0.4, -0.2) is 46.3 Å². The second kappa shape index (κ2) is 13.4. The first-order chi connectivity index (χ1) is 20.1. The van der Waals surface area contributed by atoms with Crippen LogP contribution < -0.4 is 28.3 Å². The van der Waals surface area contributed by atoms with E-state index >= 15 is 0 Å². The molecule has 1 heterocycles. The number of rotatable bonds is 12. The third-order valence-electron chi connectivity index (χ3n) is 7.12. The molecule has 3 aromatic carbocycles. The monoisotopic (exact) mass is 568 g/mol. The number of aliphatic imine (C=N–C) groups is 1. The minimum absolute atomic E-state index is 0.0481. The Bertz CT molecular complexity index is 1590. The molecule has 4 amide bonds. The van der Waals surface area contributed by atoms with Gasteiger partial charge in [0.1, 0.15) is 11.7 Å². The smallest absolute Gasteiger partial charge is 0.312 e. The lowest BCUT2D eigenvalue weighted by atomic mass is 10.0. The van der Waals surface area contributed by atoms with Crippen molar-refractivity contribution in [1.82, 2.24) is 15.2 Å². The molecule has 11 heteroatoms.